The number of phosphoric ester groups is 2. The highest BCUT2D eigenvalue weighted by atomic mass is 31.2. The summed E-state index contributed by atoms with van der Waals surface area (Å²) in [5, 5.41) is 10.7. The van der Waals surface area contributed by atoms with Gasteiger partial charge in [-0.1, -0.05) is 426 Å². The Labute approximate surface area is 658 Å². The first-order valence-corrected chi connectivity index (χ1v) is 48.6. The number of carbonyl (C=O) groups excluding carboxylic acids is 4. The van der Waals surface area contributed by atoms with Gasteiger partial charge in [0, 0.05) is 25.7 Å². The maximum absolute atomic E-state index is 13.2. The minimum Gasteiger partial charge on any atom is -0.462 e. The van der Waals surface area contributed by atoms with E-state index in [2.05, 4.69) is 34.6 Å². The number of carbonyl (C=O) groups is 4. The number of rotatable bonds is 88. The van der Waals surface area contributed by atoms with Gasteiger partial charge in [-0.15, -0.1) is 0 Å². The van der Waals surface area contributed by atoms with Crippen LogP contribution in [-0.2, 0) is 65.4 Å². The van der Waals surface area contributed by atoms with E-state index in [-0.39, 0.29) is 25.7 Å². The minimum absolute atomic E-state index is 0.108. The van der Waals surface area contributed by atoms with E-state index < -0.39 is 97.5 Å². The molecule has 19 heteroatoms. The number of hydrogen-bond acceptors (Lipinski definition) is 15. The molecule has 0 aromatic carbocycles. The highest BCUT2D eigenvalue weighted by Crippen LogP contribution is 2.45. The lowest BCUT2D eigenvalue weighted by atomic mass is 10.0. The highest BCUT2D eigenvalue weighted by molar-refractivity contribution is 7.47. The van der Waals surface area contributed by atoms with Crippen molar-refractivity contribution in [2.75, 3.05) is 39.6 Å². The van der Waals surface area contributed by atoms with Crippen LogP contribution in [-0.4, -0.2) is 96.7 Å². The summed E-state index contributed by atoms with van der Waals surface area (Å²) in [6.45, 7) is 7.36. The fourth-order valence-corrected chi connectivity index (χ4v) is 15.4. The first-order valence-electron chi connectivity index (χ1n) is 45.6. The summed E-state index contributed by atoms with van der Waals surface area (Å²) in [6.07, 6.45) is 75.1. The zero-order chi connectivity index (χ0) is 78.3. The van der Waals surface area contributed by atoms with E-state index in [1.54, 1.807) is 0 Å². The minimum atomic E-state index is -4.97. The first kappa shape index (κ1) is 105. The van der Waals surface area contributed by atoms with Crippen LogP contribution in [0.4, 0.5) is 0 Å². The van der Waals surface area contributed by atoms with Crippen LogP contribution in [0.15, 0.2) is 0 Å². The van der Waals surface area contributed by atoms with Gasteiger partial charge in [0.25, 0.3) is 0 Å². The third-order valence-electron chi connectivity index (χ3n) is 20.8. The number of ether oxygens (including phenoxy) is 4. The van der Waals surface area contributed by atoms with Crippen molar-refractivity contribution in [2.45, 2.75) is 496 Å². The zero-order valence-electron chi connectivity index (χ0n) is 70.3. The molecule has 0 saturated heterocycles. The normalized spacial score (nSPS) is 13.7. The van der Waals surface area contributed by atoms with Crippen LogP contribution in [0.1, 0.15) is 478 Å². The Kier molecular flexibility index (Phi) is 79.2. The number of aliphatic hydroxyl groups excluding tert-OH is 1. The summed E-state index contributed by atoms with van der Waals surface area (Å²) >= 11 is 0. The van der Waals surface area contributed by atoms with Crippen LogP contribution < -0.4 is 0 Å². The summed E-state index contributed by atoms with van der Waals surface area (Å²) in [5.41, 5.74) is 0. The first-order chi connectivity index (χ1) is 52.0. The van der Waals surface area contributed by atoms with Gasteiger partial charge >= 0.3 is 39.5 Å². The van der Waals surface area contributed by atoms with Crippen LogP contribution >= 0.6 is 15.6 Å². The molecule has 636 valence electrons. The second-order valence-electron chi connectivity index (χ2n) is 32.1. The molecule has 0 aromatic rings. The number of unbranched alkanes of at least 4 members (excludes halogenated alkanes) is 60. The maximum Gasteiger partial charge on any atom is 0.472 e. The molecule has 107 heavy (non-hydrogen) atoms. The van der Waals surface area contributed by atoms with Crippen molar-refractivity contribution in [3.63, 3.8) is 0 Å². The van der Waals surface area contributed by atoms with Crippen molar-refractivity contribution in [2.24, 2.45) is 5.92 Å². The van der Waals surface area contributed by atoms with Gasteiger partial charge in [0.15, 0.2) is 12.2 Å². The number of aliphatic hydroxyl groups is 1. The SMILES string of the molecule is CCCCCCCCCCCCCCCCCCCCCCC(=O)OC[C@H](COP(=O)(O)OC[C@@H](O)COP(=O)(O)OC[C@@H](COC(=O)CCCCCCCCCCCC(C)C)OC(=O)CCCCCCCCCCCCCCCCC)OC(=O)CCCCCCCCCCCCCCCCCCCCCC. The Balaban J connectivity index is 5.24. The van der Waals surface area contributed by atoms with Crippen molar-refractivity contribution in [3.05, 3.63) is 0 Å². The third kappa shape index (κ3) is 81.9. The van der Waals surface area contributed by atoms with Crippen LogP contribution in [0, 0.1) is 5.92 Å². The molecule has 0 spiro atoms. The van der Waals surface area contributed by atoms with Crippen molar-refractivity contribution in [1.82, 2.24) is 0 Å². The number of phosphoric acid groups is 2. The summed E-state index contributed by atoms with van der Waals surface area (Å²) in [5.74, 6) is -1.35. The van der Waals surface area contributed by atoms with E-state index >= 15 is 0 Å². The van der Waals surface area contributed by atoms with Crippen LogP contribution in [0.3, 0.4) is 0 Å². The van der Waals surface area contributed by atoms with E-state index in [1.807, 2.05) is 0 Å². The average molecular weight is 1560 g/mol. The standard InChI is InChI=1S/C88H172O17P2/c1-6-9-12-15-18-21-24-27-30-32-34-36-38-41-43-46-51-56-61-66-71-85(90)98-77-83(104-88(93)74-69-64-59-53-48-45-42-39-37-35-33-31-28-25-22-19-16-13-10-7-2)79-102-106(94,95)100-75-82(89)76-101-107(96,97)103-80-84(78-99-86(91)72-67-62-57-54-49-50-55-60-65-70-81(4)5)105-87(92)73-68-63-58-52-47-44-40-29-26-23-20-17-14-11-8-3/h81-84,89H,6-80H2,1-5H3,(H,94,95)(H,96,97)/t82-,83-,84-/m1/s1. The smallest absolute Gasteiger partial charge is 0.462 e. The second kappa shape index (κ2) is 80.7. The van der Waals surface area contributed by atoms with Gasteiger partial charge in [-0.3, -0.25) is 37.3 Å². The summed E-state index contributed by atoms with van der Waals surface area (Å²) in [7, 11) is -9.93. The Hall–Kier alpha value is -1.94. The molecule has 0 radical (unpaired) electrons. The molecule has 0 aromatic heterocycles. The molecule has 0 aliphatic rings. The van der Waals surface area contributed by atoms with Crippen LogP contribution in [0.2, 0.25) is 0 Å². The maximum atomic E-state index is 13.2. The highest BCUT2D eigenvalue weighted by Gasteiger charge is 2.30. The number of esters is 4. The molecule has 17 nitrogen and oxygen atoms in total. The summed E-state index contributed by atoms with van der Waals surface area (Å²) < 4.78 is 69.0. The topological polar surface area (TPSA) is 237 Å². The molecule has 0 saturated carbocycles. The Morgan fingerprint density at radius 1 is 0.252 bits per heavy atom. The molecule has 0 rings (SSSR count). The predicted molar refractivity (Wildman–Crippen MR) is 442 cm³/mol. The molecule has 3 N–H and O–H groups in total. The molecule has 0 heterocycles. The predicted octanol–water partition coefficient (Wildman–Crippen LogP) is 27.2. The molecule has 0 bridgehead atoms. The Bertz CT molecular complexity index is 2030. The lowest BCUT2D eigenvalue weighted by Gasteiger charge is -2.21. The molecule has 0 amide bonds. The van der Waals surface area contributed by atoms with E-state index in [0.717, 1.165) is 95.8 Å². The second-order valence-corrected chi connectivity index (χ2v) is 35.0. The zero-order valence-corrected chi connectivity index (χ0v) is 72.1. The van der Waals surface area contributed by atoms with Gasteiger partial charge in [0.1, 0.15) is 19.3 Å². The molecular weight excluding hydrogens is 1390 g/mol. The fourth-order valence-electron chi connectivity index (χ4n) is 13.8. The van der Waals surface area contributed by atoms with Crippen LogP contribution in [0.25, 0.3) is 0 Å². The molecule has 0 aliphatic carbocycles. The van der Waals surface area contributed by atoms with Gasteiger partial charge in [0.2, 0.25) is 0 Å². The Morgan fingerprint density at radius 2 is 0.430 bits per heavy atom. The fraction of sp³-hybridized carbons (Fsp3) is 0.955. The average Bonchev–Trinajstić information content (AvgIpc) is 0.902. The molecule has 0 aliphatic heterocycles. The lowest BCUT2D eigenvalue weighted by Crippen LogP contribution is -2.30. The summed E-state index contributed by atoms with van der Waals surface area (Å²) in [4.78, 5) is 73.3. The molecule has 5 atom stereocenters. The van der Waals surface area contributed by atoms with E-state index in [0.29, 0.717) is 25.7 Å². The number of hydrogen-bond donors (Lipinski definition) is 3. The summed E-state index contributed by atoms with van der Waals surface area (Å²) in [6, 6.07) is 0. The van der Waals surface area contributed by atoms with Crippen molar-refractivity contribution in [1.29, 1.82) is 0 Å². The third-order valence-corrected chi connectivity index (χ3v) is 22.7. The van der Waals surface area contributed by atoms with Gasteiger partial charge in [-0.2, -0.15) is 0 Å². The largest absolute Gasteiger partial charge is 0.472 e. The quantitative estimate of drug-likeness (QED) is 0.0222. The lowest BCUT2D eigenvalue weighted by molar-refractivity contribution is -0.161. The van der Waals surface area contributed by atoms with Gasteiger partial charge < -0.3 is 33.8 Å². The monoisotopic (exact) mass is 1560 g/mol. The van der Waals surface area contributed by atoms with Gasteiger partial charge in [-0.05, 0) is 31.6 Å². The van der Waals surface area contributed by atoms with E-state index in [9.17, 15) is 43.2 Å². The van der Waals surface area contributed by atoms with Gasteiger partial charge in [0.05, 0.1) is 26.4 Å². The Morgan fingerprint density at radius 3 is 0.636 bits per heavy atom. The van der Waals surface area contributed by atoms with E-state index in [1.165, 1.54) is 302 Å². The molecular formula is C88H172O17P2. The van der Waals surface area contributed by atoms with Gasteiger partial charge in [-0.25, -0.2) is 9.13 Å². The van der Waals surface area contributed by atoms with Crippen molar-refractivity contribution < 1.29 is 80.2 Å². The van der Waals surface area contributed by atoms with Crippen LogP contribution in [0.5, 0.6) is 0 Å². The van der Waals surface area contributed by atoms with E-state index in [4.69, 9.17) is 37.0 Å². The molecule has 0 fully saturated rings. The molecule has 2 unspecified atom stereocenters. The van der Waals surface area contributed by atoms with Crippen molar-refractivity contribution in [3.8, 4) is 0 Å². The van der Waals surface area contributed by atoms with Crippen molar-refractivity contribution >= 4 is 39.5 Å².